The van der Waals surface area contributed by atoms with Crippen molar-refractivity contribution in [1.82, 2.24) is 4.90 Å². The van der Waals surface area contributed by atoms with Crippen LogP contribution in [0.3, 0.4) is 0 Å². The minimum Gasteiger partial charge on any atom is -0.409 e. The Balaban J connectivity index is 4.33. The third-order valence-corrected chi connectivity index (χ3v) is 3.28. The van der Waals surface area contributed by atoms with Gasteiger partial charge in [-0.05, 0) is 26.6 Å². The van der Waals surface area contributed by atoms with E-state index in [4.69, 9.17) is 10.9 Å². The summed E-state index contributed by atoms with van der Waals surface area (Å²) in [6, 6.07) is 0.456. The lowest BCUT2D eigenvalue weighted by atomic mass is 10.1. The Morgan fingerprint density at radius 2 is 2.21 bits per heavy atom. The van der Waals surface area contributed by atoms with E-state index < -0.39 is 0 Å². The largest absolute Gasteiger partial charge is 0.409 e. The van der Waals surface area contributed by atoms with E-state index in [0.717, 1.165) is 12.2 Å². The van der Waals surface area contributed by atoms with E-state index in [2.05, 4.69) is 23.2 Å². The number of nitrogens with two attached hydrogens (primary N) is 1. The molecule has 14 heavy (non-hydrogen) atoms. The van der Waals surface area contributed by atoms with E-state index in [0.29, 0.717) is 6.04 Å². The summed E-state index contributed by atoms with van der Waals surface area (Å²) in [5.41, 5.74) is 5.56. The Morgan fingerprint density at radius 3 is 2.57 bits per heavy atom. The molecule has 0 heterocycles. The summed E-state index contributed by atoms with van der Waals surface area (Å²) in [5.74, 6) is 1.34. The zero-order valence-electron chi connectivity index (χ0n) is 9.40. The second-order valence-electron chi connectivity index (χ2n) is 3.38. The lowest BCUT2D eigenvalue weighted by Gasteiger charge is -2.31. The minimum absolute atomic E-state index is 0.0166. The monoisotopic (exact) mass is 219 g/mol. The zero-order chi connectivity index (χ0) is 11.1. The van der Waals surface area contributed by atoms with Crippen LogP contribution in [0.5, 0.6) is 0 Å². The van der Waals surface area contributed by atoms with Gasteiger partial charge < -0.3 is 10.9 Å². The highest BCUT2D eigenvalue weighted by molar-refractivity contribution is 7.98. The van der Waals surface area contributed by atoms with Gasteiger partial charge in [-0.2, -0.15) is 11.8 Å². The summed E-state index contributed by atoms with van der Waals surface area (Å²) in [7, 11) is 2.01. The molecule has 0 saturated carbocycles. The first kappa shape index (κ1) is 13.6. The van der Waals surface area contributed by atoms with Crippen molar-refractivity contribution in [3.63, 3.8) is 0 Å². The van der Waals surface area contributed by atoms with Crippen molar-refractivity contribution in [2.75, 3.05) is 19.1 Å². The number of likely N-dealkylation sites (N-methyl/N-ethyl adjacent to an activating group) is 1. The van der Waals surface area contributed by atoms with Crippen molar-refractivity contribution in [3.8, 4) is 0 Å². The first-order chi connectivity index (χ1) is 6.58. The summed E-state index contributed by atoms with van der Waals surface area (Å²) in [6.45, 7) is 4.09. The quantitative estimate of drug-likeness (QED) is 0.305. The van der Waals surface area contributed by atoms with Crippen LogP contribution in [0, 0.1) is 0 Å². The van der Waals surface area contributed by atoms with Crippen LogP contribution in [-0.2, 0) is 0 Å². The normalized spacial score (nSPS) is 17.1. The van der Waals surface area contributed by atoms with E-state index in [1.54, 1.807) is 0 Å². The summed E-state index contributed by atoms with van der Waals surface area (Å²) in [6.07, 6.45) is 3.16. The highest BCUT2D eigenvalue weighted by Gasteiger charge is 2.20. The molecule has 0 spiro atoms. The van der Waals surface area contributed by atoms with Gasteiger partial charge in [0.2, 0.25) is 0 Å². The van der Waals surface area contributed by atoms with Crippen molar-refractivity contribution in [3.05, 3.63) is 0 Å². The van der Waals surface area contributed by atoms with Gasteiger partial charge in [0.05, 0.1) is 6.04 Å². The molecule has 0 aliphatic rings. The molecular formula is C9H21N3OS. The van der Waals surface area contributed by atoms with Crippen molar-refractivity contribution in [1.29, 1.82) is 0 Å². The van der Waals surface area contributed by atoms with Crippen LogP contribution in [0.4, 0.5) is 0 Å². The van der Waals surface area contributed by atoms with Crippen LogP contribution in [0.25, 0.3) is 0 Å². The molecule has 0 aromatic heterocycles. The Morgan fingerprint density at radius 1 is 1.64 bits per heavy atom. The Hall–Kier alpha value is -0.420. The molecule has 0 amide bonds. The number of hydrogen-bond donors (Lipinski definition) is 2. The summed E-state index contributed by atoms with van der Waals surface area (Å²) >= 11 is 1.81. The SMILES string of the molecule is CCC(CSC)N(C)C(C)C(N)=NO. The summed E-state index contributed by atoms with van der Waals surface area (Å²) in [5, 5.41) is 11.6. The second-order valence-corrected chi connectivity index (χ2v) is 4.29. The van der Waals surface area contributed by atoms with E-state index >= 15 is 0 Å². The number of rotatable bonds is 6. The van der Waals surface area contributed by atoms with E-state index in [-0.39, 0.29) is 11.9 Å². The average molecular weight is 219 g/mol. The maximum Gasteiger partial charge on any atom is 0.156 e. The molecule has 0 aliphatic carbocycles. The van der Waals surface area contributed by atoms with E-state index in [1.807, 2.05) is 25.7 Å². The predicted octanol–water partition coefficient (Wildman–Crippen LogP) is 1.19. The summed E-state index contributed by atoms with van der Waals surface area (Å²) < 4.78 is 0. The third-order valence-electron chi connectivity index (χ3n) is 2.56. The van der Waals surface area contributed by atoms with Crippen LogP contribution >= 0.6 is 11.8 Å². The molecule has 2 unspecified atom stereocenters. The molecule has 84 valence electrons. The van der Waals surface area contributed by atoms with Crippen molar-refractivity contribution in [2.24, 2.45) is 10.9 Å². The van der Waals surface area contributed by atoms with Gasteiger partial charge in [0, 0.05) is 11.8 Å². The molecule has 4 nitrogen and oxygen atoms in total. The number of amidine groups is 1. The third kappa shape index (κ3) is 3.75. The Bertz CT molecular complexity index is 187. The molecule has 0 aromatic carbocycles. The number of nitrogens with zero attached hydrogens (tertiary/aromatic N) is 2. The molecule has 0 fully saturated rings. The fourth-order valence-corrected chi connectivity index (χ4v) is 2.18. The molecule has 0 aliphatic heterocycles. The molecule has 0 rings (SSSR count). The van der Waals surface area contributed by atoms with Crippen LogP contribution in [0.15, 0.2) is 5.16 Å². The van der Waals surface area contributed by atoms with Crippen LogP contribution in [-0.4, -0.2) is 47.1 Å². The maximum atomic E-state index is 8.57. The van der Waals surface area contributed by atoms with Gasteiger partial charge in [0.1, 0.15) is 0 Å². The lowest BCUT2D eigenvalue weighted by Crippen LogP contribution is -2.46. The highest BCUT2D eigenvalue weighted by Crippen LogP contribution is 2.11. The topological polar surface area (TPSA) is 61.8 Å². The molecule has 5 heteroatoms. The van der Waals surface area contributed by atoms with Gasteiger partial charge in [-0.3, -0.25) is 4.90 Å². The first-order valence-corrected chi connectivity index (χ1v) is 6.16. The van der Waals surface area contributed by atoms with Crippen molar-refractivity contribution in [2.45, 2.75) is 32.4 Å². The smallest absolute Gasteiger partial charge is 0.156 e. The predicted molar refractivity (Wildman–Crippen MR) is 63.1 cm³/mol. The molecular weight excluding hydrogens is 198 g/mol. The fraction of sp³-hybridized carbons (Fsp3) is 0.889. The lowest BCUT2D eigenvalue weighted by molar-refractivity contribution is 0.228. The van der Waals surface area contributed by atoms with Gasteiger partial charge in [-0.25, -0.2) is 0 Å². The van der Waals surface area contributed by atoms with Crippen LogP contribution in [0.1, 0.15) is 20.3 Å². The molecule has 0 radical (unpaired) electrons. The zero-order valence-corrected chi connectivity index (χ0v) is 10.2. The fourth-order valence-electron chi connectivity index (χ4n) is 1.32. The van der Waals surface area contributed by atoms with E-state index in [9.17, 15) is 0 Å². The van der Waals surface area contributed by atoms with Crippen molar-refractivity contribution < 1.29 is 5.21 Å². The summed E-state index contributed by atoms with van der Waals surface area (Å²) in [4.78, 5) is 2.14. The first-order valence-electron chi connectivity index (χ1n) is 4.76. The van der Waals surface area contributed by atoms with Gasteiger partial charge in [0.15, 0.2) is 5.84 Å². The van der Waals surface area contributed by atoms with Crippen LogP contribution in [0.2, 0.25) is 0 Å². The van der Waals surface area contributed by atoms with Gasteiger partial charge in [0.25, 0.3) is 0 Å². The Kier molecular flexibility index (Phi) is 6.74. The van der Waals surface area contributed by atoms with Gasteiger partial charge in [-0.15, -0.1) is 0 Å². The molecule has 0 saturated heterocycles. The van der Waals surface area contributed by atoms with Gasteiger partial charge in [-0.1, -0.05) is 12.1 Å². The van der Waals surface area contributed by atoms with Crippen LogP contribution < -0.4 is 5.73 Å². The Labute approximate surface area is 90.5 Å². The maximum absolute atomic E-state index is 8.57. The molecule has 0 aromatic rings. The molecule has 0 bridgehead atoms. The molecule has 3 N–H and O–H groups in total. The second kappa shape index (κ2) is 6.95. The van der Waals surface area contributed by atoms with Gasteiger partial charge >= 0.3 is 0 Å². The number of oxime groups is 1. The number of hydrogen-bond acceptors (Lipinski definition) is 4. The standard InChI is InChI=1S/C9H21N3OS/c1-5-8(6-14-4)12(3)7(2)9(10)11-13/h7-8,13H,5-6H2,1-4H3,(H2,10,11). The van der Waals surface area contributed by atoms with Crippen molar-refractivity contribution >= 4 is 17.6 Å². The van der Waals surface area contributed by atoms with E-state index in [1.165, 1.54) is 0 Å². The number of thioether (sulfide) groups is 1. The minimum atomic E-state index is -0.0166. The average Bonchev–Trinajstić information content (AvgIpc) is 2.22. The molecule has 2 atom stereocenters. The highest BCUT2D eigenvalue weighted by atomic mass is 32.2.